The van der Waals surface area contributed by atoms with E-state index in [0.717, 1.165) is 25.7 Å². The molecule has 4 unspecified atom stereocenters. The molecular formula is C58H59I. The van der Waals surface area contributed by atoms with Crippen LogP contribution in [0.3, 0.4) is 0 Å². The van der Waals surface area contributed by atoms with Crippen molar-refractivity contribution >= 4 is 51.1 Å². The first-order chi connectivity index (χ1) is 28.9. The van der Waals surface area contributed by atoms with Gasteiger partial charge in [0.25, 0.3) is 0 Å². The Morgan fingerprint density at radius 1 is 0.746 bits per heavy atom. The molecule has 0 aromatic heterocycles. The summed E-state index contributed by atoms with van der Waals surface area (Å²) < 4.78 is 0.472. The highest BCUT2D eigenvalue weighted by Crippen LogP contribution is 2.42. The fourth-order valence-corrected chi connectivity index (χ4v) is 10.0. The monoisotopic (exact) mass is 882 g/mol. The molecule has 59 heavy (non-hydrogen) atoms. The van der Waals surface area contributed by atoms with Gasteiger partial charge in [0.15, 0.2) is 0 Å². The van der Waals surface area contributed by atoms with Gasteiger partial charge in [-0.25, -0.2) is 0 Å². The molecule has 0 nitrogen and oxygen atoms in total. The van der Waals surface area contributed by atoms with Crippen molar-refractivity contribution in [3.8, 4) is 11.1 Å². The number of allylic oxidation sites excluding steroid dienone is 13. The number of hydrogen-bond donors (Lipinski definition) is 0. The van der Waals surface area contributed by atoms with Crippen molar-refractivity contribution in [3.63, 3.8) is 0 Å². The van der Waals surface area contributed by atoms with E-state index in [9.17, 15) is 0 Å². The van der Waals surface area contributed by atoms with Gasteiger partial charge < -0.3 is 0 Å². The molecule has 2 aliphatic rings. The van der Waals surface area contributed by atoms with Crippen LogP contribution in [0.1, 0.15) is 106 Å². The van der Waals surface area contributed by atoms with Crippen molar-refractivity contribution in [1.82, 2.24) is 0 Å². The highest BCUT2D eigenvalue weighted by molar-refractivity contribution is 14.1. The summed E-state index contributed by atoms with van der Waals surface area (Å²) in [5.74, 6) is 1.02. The zero-order valence-corrected chi connectivity index (χ0v) is 37.9. The average Bonchev–Trinajstić information content (AvgIpc) is 3.28. The summed E-state index contributed by atoms with van der Waals surface area (Å²) in [5, 5.41) is 2.78. The first kappa shape index (κ1) is 42.1. The number of halogens is 1. The summed E-state index contributed by atoms with van der Waals surface area (Å²) in [6.45, 7) is 13.6. The molecule has 1 heteroatoms. The fraction of sp³-hybridized carbons (Fsp3) is 0.241. The Hall–Kier alpha value is -4.99. The van der Waals surface area contributed by atoms with E-state index in [4.69, 9.17) is 0 Å². The number of alkyl halides is 1. The van der Waals surface area contributed by atoms with Gasteiger partial charge in [0, 0.05) is 15.8 Å². The van der Waals surface area contributed by atoms with E-state index < -0.39 is 0 Å². The molecule has 0 saturated carbocycles. The van der Waals surface area contributed by atoms with Gasteiger partial charge in [0.1, 0.15) is 0 Å². The number of fused-ring (bicyclic) bond motifs is 3. The van der Waals surface area contributed by atoms with Gasteiger partial charge in [-0.2, -0.15) is 0 Å². The van der Waals surface area contributed by atoms with Crippen LogP contribution in [0.2, 0.25) is 0 Å². The van der Waals surface area contributed by atoms with Gasteiger partial charge >= 0.3 is 0 Å². The van der Waals surface area contributed by atoms with Crippen molar-refractivity contribution in [3.05, 3.63) is 220 Å². The van der Waals surface area contributed by atoms with Crippen molar-refractivity contribution in [1.29, 1.82) is 0 Å². The molecule has 0 spiro atoms. The molecule has 0 bridgehead atoms. The van der Waals surface area contributed by atoms with E-state index >= 15 is 0 Å². The smallest absolute Gasteiger partial charge is 0.0393 e. The number of aryl methyl sites for hydroxylation is 1. The molecule has 0 heterocycles. The van der Waals surface area contributed by atoms with Gasteiger partial charge in [-0.3, -0.25) is 0 Å². The summed E-state index contributed by atoms with van der Waals surface area (Å²) >= 11 is 2.57. The Kier molecular flexibility index (Phi) is 14.2. The first-order valence-electron chi connectivity index (χ1n) is 21.8. The molecule has 0 amide bonds. The van der Waals surface area contributed by atoms with Crippen LogP contribution in [-0.2, 0) is 6.42 Å². The lowest BCUT2D eigenvalue weighted by Gasteiger charge is -2.26. The van der Waals surface area contributed by atoms with Crippen LogP contribution in [0, 0.1) is 11.8 Å². The Balaban J connectivity index is 1.24. The van der Waals surface area contributed by atoms with E-state index in [2.05, 4.69) is 240 Å². The average molecular weight is 883 g/mol. The van der Waals surface area contributed by atoms with Crippen LogP contribution >= 0.6 is 22.6 Å². The van der Waals surface area contributed by atoms with Crippen molar-refractivity contribution < 1.29 is 0 Å². The second-order valence-electron chi connectivity index (χ2n) is 16.1. The molecule has 0 aliphatic heterocycles. The van der Waals surface area contributed by atoms with Crippen LogP contribution < -0.4 is 0 Å². The summed E-state index contributed by atoms with van der Waals surface area (Å²) in [6, 6.07) is 39.1. The largest absolute Gasteiger partial charge is 0.0874 e. The summed E-state index contributed by atoms with van der Waals surface area (Å²) in [6.07, 6.45) is 31.6. The number of benzene rings is 5. The topological polar surface area (TPSA) is 0 Å². The summed E-state index contributed by atoms with van der Waals surface area (Å²) in [5.41, 5.74) is 17.4. The van der Waals surface area contributed by atoms with E-state index in [0.29, 0.717) is 15.8 Å². The predicted octanol–water partition coefficient (Wildman–Crippen LogP) is 16.9. The molecule has 4 atom stereocenters. The van der Waals surface area contributed by atoms with Crippen molar-refractivity contribution in [2.75, 3.05) is 0 Å². The van der Waals surface area contributed by atoms with Crippen LogP contribution in [0.4, 0.5) is 0 Å². The van der Waals surface area contributed by atoms with Gasteiger partial charge in [-0.1, -0.05) is 232 Å². The summed E-state index contributed by atoms with van der Waals surface area (Å²) in [7, 11) is 0. The molecule has 0 N–H and O–H groups in total. The van der Waals surface area contributed by atoms with E-state index in [1.807, 2.05) is 0 Å². The molecule has 5 aromatic rings. The summed E-state index contributed by atoms with van der Waals surface area (Å²) in [4.78, 5) is 0. The zero-order valence-electron chi connectivity index (χ0n) is 35.8. The van der Waals surface area contributed by atoms with Gasteiger partial charge in [-0.15, -0.1) is 0 Å². The lowest BCUT2D eigenvalue weighted by Crippen LogP contribution is -2.15. The standard InChI is InChI=1S/C58H59I/c1-7-19-45(48(10-4)54-26-17-18-28-57(54)59)34-31-42-29-32-43(33-30-42)44-35-37-46(38-36-44)58(49(20-8-2)40(5)9-3)55-27-16-13-22-50(55)41(6)56-39-47-21-11-12-23-51(47)52-24-14-15-25-53(52)56/h7-8,11,13-22,24-41,54,57H,9-10,12,23H2,1-6H3/b19-7-,20-8-,34-31-,48-45-,58-49-. The normalized spacial score (nSPS) is 18.4. The molecule has 2 aliphatic carbocycles. The Morgan fingerprint density at radius 2 is 1.42 bits per heavy atom. The minimum atomic E-state index is 0.199. The van der Waals surface area contributed by atoms with E-state index in [1.54, 1.807) is 0 Å². The SMILES string of the molecule is C\C=C/C(/C=C\c1ccc(-c2ccc(/C(=C(\C=C/C)C(C)CC)c3ccccc3C(C)c3cc4c(c5ccccc35)CCC=C4)cc2)cc1)=C(\CC)C1C=CC=CC1I. The molecular weight excluding hydrogens is 824 g/mol. The van der Waals surface area contributed by atoms with E-state index in [-0.39, 0.29) is 5.92 Å². The lowest BCUT2D eigenvalue weighted by atomic mass is 9.78. The highest BCUT2D eigenvalue weighted by atomic mass is 127. The maximum atomic E-state index is 2.57. The predicted molar refractivity (Wildman–Crippen MR) is 268 cm³/mol. The van der Waals surface area contributed by atoms with Crippen LogP contribution in [0.15, 0.2) is 181 Å². The quantitative estimate of drug-likeness (QED) is 0.0628. The van der Waals surface area contributed by atoms with Crippen molar-refractivity contribution in [2.24, 2.45) is 11.8 Å². The van der Waals surface area contributed by atoms with Crippen LogP contribution in [-0.4, -0.2) is 3.92 Å². The minimum Gasteiger partial charge on any atom is -0.0874 e. The Morgan fingerprint density at radius 3 is 2.12 bits per heavy atom. The van der Waals surface area contributed by atoms with Gasteiger partial charge in [0.05, 0.1) is 0 Å². The third-order valence-corrected chi connectivity index (χ3v) is 13.7. The number of rotatable bonds is 13. The lowest BCUT2D eigenvalue weighted by molar-refractivity contribution is 0.672. The second-order valence-corrected chi connectivity index (χ2v) is 17.5. The van der Waals surface area contributed by atoms with E-state index in [1.165, 1.54) is 83.1 Å². The molecule has 0 saturated heterocycles. The second kappa shape index (κ2) is 19.8. The molecule has 0 fully saturated rings. The van der Waals surface area contributed by atoms with Crippen LogP contribution in [0.5, 0.6) is 0 Å². The fourth-order valence-electron chi connectivity index (χ4n) is 9.12. The molecule has 7 rings (SSSR count). The Labute approximate surface area is 368 Å². The maximum Gasteiger partial charge on any atom is 0.0393 e. The highest BCUT2D eigenvalue weighted by Gasteiger charge is 2.24. The third-order valence-electron chi connectivity index (χ3n) is 12.5. The van der Waals surface area contributed by atoms with Crippen LogP contribution in [0.25, 0.3) is 39.6 Å². The van der Waals surface area contributed by atoms with Gasteiger partial charge in [0.2, 0.25) is 0 Å². The Bertz CT molecular complexity index is 2510. The number of hydrogen-bond acceptors (Lipinski definition) is 0. The van der Waals surface area contributed by atoms with Gasteiger partial charge in [-0.05, 0) is 123 Å². The van der Waals surface area contributed by atoms with Crippen molar-refractivity contribution in [2.45, 2.75) is 77.1 Å². The molecule has 0 radical (unpaired) electrons. The maximum absolute atomic E-state index is 2.57. The third kappa shape index (κ3) is 9.27. The first-order valence-corrected chi connectivity index (χ1v) is 23.0. The zero-order chi connectivity index (χ0) is 41.3. The molecule has 5 aromatic carbocycles. The minimum absolute atomic E-state index is 0.199. The molecule has 298 valence electrons.